The maximum absolute atomic E-state index is 12.9. The molecule has 4 heteroatoms. The molecule has 154 valence electrons. The van der Waals surface area contributed by atoms with E-state index in [4.69, 9.17) is 16.3 Å². The number of hydrogen-bond acceptors (Lipinski definition) is 2. The first-order valence-corrected chi connectivity index (χ1v) is 11.1. The highest BCUT2D eigenvalue weighted by Crippen LogP contribution is 2.48. The molecule has 1 N–H and O–H groups in total. The van der Waals surface area contributed by atoms with Crippen LogP contribution in [0.2, 0.25) is 5.02 Å². The number of nitrogens with one attached hydrogen (secondary N) is 1. The summed E-state index contributed by atoms with van der Waals surface area (Å²) in [5.74, 6) is 1.08. The number of ether oxygens (including phenoxy) is 1. The van der Waals surface area contributed by atoms with Crippen LogP contribution in [0.15, 0.2) is 54.6 Å². The molecule has 2 aromatic rings. The second-order valence-electron chi connectivity index (χ2n) is 9.08. The van der Waals surface area contributed by atoms with E-state index in [1.165, 1.54) is 6.42 Å². The van der Waals surface area contributed by atoms with E-state index in [-0.39, 0.29) is 23.7 Å². The van der Waals surface area contributed by atoms with Crippen LogP contribution in [0.25, 0.3) is 0 Å². The largest absolute Gasteiger partial charge is 0.370 e. The van der Waals surface area contributed by atoms with E-state index in [0.717, 1.165) is 35.4 Å². The summed E-state index contributed by atoms with van der Waals surface area (Å²) < 4.78 is 6.59. The first kappa shape index (κ1) is 20.4. The topological polar surface area (TPSA) is 38.3 Å². The lowest BCUT2D eigenvalue weighted by Gasteiger charge is -2.52. The molecule has 1 saturated carbocycles. The van der Waals surface area contributed by atoms with Crippen molar-refractivity contribution in [3.05, 3.63) is 70.7 Å². The molecule has 0 radical (unpaired) electrons. The van der Waals surface area contributed by atoms with Gasteiger partial charge in [-0.2, -0.15) is 0 Å². The summed E-state index contributed by atoms with van der Waals surface area (Å²) >= 11 is 6.25. The van der Waals surface area contributed by atoms with E-state index in [2.05, 4.69) is 25.2 Å². The average molecular weight is 412 g/mol. The van der Waals surface area contributed by atoms with Gasteiger partial charge < -0.3 is 10.1 Å². The summed E-state index contributed by atoms with van der Waals surface area (Å²) in [5.41, 5.74) is 1.85. The van der Waals surface area contributed by atoms with Crippen molar-refractivity contribution >= 4 is 17.5 Å². The van der Waals surface area contributed by atoms with Crippen LogP contribution in [0.1, 0.15) is 56.8 Å². The number of fused-ring (bicyclic) bond motifs is 1. The van der Waals surface area contributed by atoms with Crippen molar-refractivity contribution in [2.24, 2.45) is 11.8 Å². The predicted molar refractivity (Wildman–Crippen MR) is 117 cm³/mol. The number of hydrogen-bond donors (Lipinski definition) is 1. The molecule has 0 unspecified atom stereocenters. The van der Waals surface area contributed by atoms with Crippen LogP contribution in [0.4, 0.5) is 0 Å². The van der Waals surface area contributed by atoms with E-state index in [0.29, 0.717) is 18.3 Å². The lowest BCUT2D eigenvalue weighted by molar-refractivity contribution is -0.153. The zero-order valence-corrected chi connectivity index (χ0v) is 18.0. The summed E-state index contributed by atoms with van der Waals surface area (Å²) in [7, 11) is 0. The second-order valence-corrected chi connectivity index (χ2v) is 9.51. The van der Waals surface area contributed by atoms with Gasteiger partial charge in [0.1, 0.15) is 0 Å². The first-order valence-electron chi connectivity index (χ1n) is 10.7. The fourth-order valence-corrected chi connectivity index (χ4v) is 5.39. The molecule has 1 aliphatic heterocycles. The third kappa shape index (κ3) is 4.67. The summed E-state index contributed by atoms with van der Waals surface area (Å²) in [6, 6.07) is 17.9. The van der Waals surface area contributed by atoms with Crippen LogP contribution in [0, 0.1) is 11.8 Å². The summed E-state index contributed by atoms with van der Waals surface area (Å²) in [5, 5.41) is 4.14. The highest BCUT2D eigenvalue weighted by molar-refractivity contribution is 6.30. The normalized spacial score (nSPS) is 31.7. The van der Waals surface area contributed by atoms with Crippen molar-refractivity contribution in [2.45, 2.75) is 63.7 Å². The van der Waals surface area contributed by atoms with Crippen LogP contribution in [-0.2, 0) is 16.0 Å². The van der Waals surface area contributed by atoms with Crippen molar-refractivity contribution in [2.75, 3.05) is 0 Å². The van der Waals surface area contributed by atoms with Gasteiger partial charge in [0, 0.05) is 22.9 Å². The lowest BCUT2D eigenvalue weighted by Crippen LogP contribution is -2.60. The Morgan fingerprint density at radius 1 is 1.17 bits per heavy atom. The molecule has 3 nitrogen and oxygen atoms in total. The van der Waals surface area contributed by atoms with Gasteiger partial charge in [-0.05, 0) is 48.9 Å². The Morgan fingerprint density at radius 3 is 2.72 bits per heavy atom. The fourth-order valence-electron chi connectivity index (χ4n) is 5.19. The number of halogens is 1. The number of carbonyl (C=O) groups excluding carboxylic acids is 1. The van der Waals surface area contributed by atoms with Crippen LogP contribution in [0.3, 0.4) is 0 Å². The van der Waals surface area contributed by atoms with Crippen molar-refractivity contribution < 1.29 is 9.53 Å². The van der Waals surface area contributed by atoms with Gasteiger partial charge >= 0.3 is 0 Å². The summed E-state index contributed by atoms with van der Waals surface area (Å²) in [4.78, 5) is 12.9. The zero-order chi connectivity index (χ0) is 20.4. The Morgan fingerprint density at radius 2 is 1.97 bits per heavy atom. The molecule has 1 saturated heterocycles. The smallest absolute Gasteiger partial charge is 0.224 e. The Kier molecular flexibility index (Phi) is 5.98. The van der Waals surface area contributed by atoms with Crippen molar-refractivity contribution in [3.8, 4) is 0 Å². The predicted octanol–water partition coefficient (Wildman–Crippen LogP) is 5.72. The van der Waals surface area contributed by atoms with Crippen LogP contribution < -0.4 is 5.32 Å². The third-order valence-corrected chi connectivity index (χ3v) is 6.91. The van der Waals surface area contributed by atoms with E-state index in [1.807, 2.05) is 48.5 Å². The Balaban J connectivity index is 1.57. The minimum absolute atomic E-state index is 0.0534. The van der Waals surface area contributed by atoms with E-state index in [9.17, 15) is 4.79 Å². The Labute approximate surface area is 178 Å². The molecule has 2 fully saturated rings. The molecule has 29 heavy (non-hydrogen) atoms. The molecular formula is C25H30ClNO2. The van der Waals surface area contributed by atoms with Gasteiger partial charge in [0.2, 0.25) is 5.91 Å². The monoisotopic (exact) mass is 411 g/mol. The molecule has 5 atom stereocenters. The fraction of sp³-hybridized carbons (Fsp3) is 0.480. The lowest BCUT2D eigenvalue weighted by atomic mass is 9.66. The molecule has 0 bridgehead atoms. The third-order valence-electron chi connectivity index (χ3n) is 6.67. The van der Waals surface area contributed by atoms with Gasteiger partial charge in [0.15, 0.2) is 0 Å². The van der Waals surface area contributed by atoms with Gasteiger partial charge in [-0.25, -0.2) is 0 Å². The van der Waals surface area contributed by atoms with Crippen LogP contribution in [-0.4, -0.2) is 17.6 Å². The summed E-state index contributed by atoms with van der Waals surface area (Å²) in [6.45, 7) is 4.51. The molecule has 1 aliphatic carbocycles. The van der Waals surface area contributed by atoms with Gasteiger partial charge in [0.25, 0.3) is 0 Å². The number of carbonyl (C=O) groups is 1. The second kappa shape index (κ2) is 8.49. The van der Waals surface area contributed by atoms with E-state index >= 15 is 0 Å². The Hall–Kier alpha value is -1.84. The van der Waals surface area contributed by atoms with Crippen molar-refractivity contribution in [3.63, 3.8) is 0 Å². The minimum atomic E-state index is -0.290. The molecule has 0 spiro atoms. The summed E-state index contributed by atoms with van der Waals surface area (Å²) in [6.07, 6.45) is 4.62. The quantitative estimate of drug-likeness (QED) is 0.698. The van der Waals surface area contributed by atoms with Crippen LogP contribution in [0.5, 0.6) is 0 Å². The van der Waals surface area contributed by atoms with Gasteiger partial charge in [-0.3, -0.25) is 4.79 Å². The van der Waals surface area contributed by atoms with Gasteiger partial charge in [-0.15, -0.1) is 0 Å². The highest BCUT2D eigenvalue weighted by Gasteiger charge is 2.49. The van der Waals surface area contributed by atoms with Crippen molar-refractivity contribution in [1.82, 2.24) is 5.32 Å². The molecule has 4 rings (SSSR count). The maximum Gasteiger partial charge on any atom is 0.224 e. The van der Waals surface area contributed by atoms with Crippen LogP contribution >= 0.6 is 11.6 Å². The molecule has 1 heterocycles. The standard InChI is InChI=1S/C25H30ClNO2/c1-17-11-12-21-22(13-17)29-23(19-9-6-10-20(26)15-19)16-25(21,2)27-24(28)14-18-7-4-3-5-8-18/h3-10,15,17,21-23H,11-14,16H2,1-2H3,(H,27,28)/t17-,21-,22-,23-,25+/m0/s1. The molecule has 2 aromatic carbocycles. The van der Waals surface area contributed by atoms with Crippen molar-refractivity contribution in [1.29, 1.82) is 0 Å². The SMILES string of the molecule is C[C@H]1CC[C@H]2[C@H](C1)O[C@H](c1cccc(Cl)c1)C[C@@]2(C)NC(=O)Cc1ccccc1. The number of benzene rings is 2. The van der Waals surface area contributed by atoms with E-state index < -0.39 is 0 Å². The molecule has 1 amide bonds. The number of amides is 1. The minimum Gasteiger partial charge on any atom is -0.370 e. The number of rotatable bonds is 4. The van der Waals surface area contributed by atoms with E-state index in [1.54, 1.807) is 0 Å². The zero-order valence-electron chi connectivity index (χ0n) is 17.2. The molecular weight excluding hydrogens is 382 g/mol. The van der Waals surface area contributed by atoms with Gasteiger partial charge in [0.05, 0.1) is 18.6 Å². The average Bonchev–Trinajstić information content (AvgIpc) is 2.68. The first-order chi connectivity index (χ1) is 13.9. The maximum atomic E-state index is 12.9. The molecule has 2 aliphatic rings. The Bertz CT molecular complexity index is 855. The molecule has 0 aromatic heterocycles. The van der Waals surface area contributed by atoms with Gasteiger partial charge in [-0.1, -0.05) is 67.4 Å². The highest BCUT2D eigenvalue weighted by atomic mass is 35.5.